The van der Waals surface area contributed by atoms with Crippen LogP contribution >= 0.6 is 0 Å². The smallest absolute Gasteiger partial charge is 0.314 e. The summed E-state index contributed by atoms with van der Waals surface area (Å²) in [5, 5.41) is 73.7. The molecule has 306 valence electrons. The third-order valence-electron chi connectivity index (χ3n) is 15.4. The molecule has 0 spiro atoms. The van der Waals surface area contributed by atoms with Gasteiger partial charge < -0.3 is 54.7 Å². The summed E-state index contributed by atoms with van der Waals surface area (Å²) in [4.78, 5) is 26.1. The summed E-state index contributed by atoms with van der Waals surface area (Å²) in [5.41, 5.74) is 0.868. The van der Waals surface area contributed by atoms with Crippen molar-refractivity contribution in [3.8, 4) is 0 Å². The number of aliphatic carboxylic acids is 1. The van der Waals surface area contributed by atoms with E-state index in [-0.39, 0.29) is 41.7 Å². The van der Waals surface area contributed by atoms with Crippen LogP contribution in [0.1, 0.15) is 106 Å². The van der Waals surface area contributed by atoms with Gasteiger partial charge in [-0.2, -0.15) is 0 Å². The third-order valence-corrected chi connectivity index (χ3v) is 15.4. The number of ketones is 1. The maximum atomic E-state index is 13.7. The van der Waals surface area contributed by atoms with Crippen LogP contribution in [0.25, 0.3) is 0 Å². The van der Waals surface area contributed by atoms with Crippen LogP contribution in [-0.2, 0) is 28.5 Å². The van der Waals surface area contributed by atoms with Crippen molar-refractivity contribution in [3.63, 3.8) is 0 Å². The zero-order valence-electron chi connectivity index (χ0n) is 32.8. The van der Waals surface area contributed by atoms with Crippen LogP contribution < -0.4 is 0 Å². The van der Waals surface area contributed by atoms with E-state index in [1.54, 1.807) is 6.92 Å². The van der Waals surface area contributed by atoms with E-state index >= 15 is 0 Å². The van der Waals surface area contributed by atoms with Crippen LogP contribution in [0.15, 0.2) is 23.3 Å². The Morgan fingerprint density at radius 3 is 2.24 bits per heavy atom. The molecule has 0 bridgehead atoms. The van der Waals surface area contributed by atoms with Gasteiger partial charge in [-0.05, 0) is 104 Å². The highest BCUT2D eigenvalue weighted by molar-refractivity contribution is 5.94. The van der Waals surface area contributed by atoms with Crippen molar-refractivity contribution >= 4 is 11.8 Å². The SMILES string of the molecule is C=C(C)C(=O)CC[C@@H](C)[C@H]1CC[C@@]2(C(=O)O)C3=C(CC[C@]12C)[C@@]1(C)CC[C@H](O[C@@H]2OC[C@H](O)[C@H](O)[C@H]2O[C@@H]2O[C@H](CO)[C@H](O)[C@H](O)[C@H]2O)C(C)(C)[C@@H]1CC3. The summed E-state index contributed by atoms with van der Waals surface area (Å²) in [6, 6.07) is 0. The van der Waals surface area contributed by atoms with Crippen LogP contribution in [0.5, 0.6) is 0 Å². The van der Waals surface area contributed by atoms with Crippen molar-refractivity contribution in [1.82, 2.24) is 0 Å². The van der Waals surface area contributed by atoms with Gasteiger partial charge in [-0.25, -0.2) is 0 Å². The molecule has 4 aliphatic carbocycles. The zero-order valence-corrected chi connectivity index (χ0v) is 32.8. The lowest BCUT2D eigenvalue weighted by Crippen LogP contribution is -2.64. The summed E-state index contributed by atoms with van der Waals surface area (Å²) in [7, 11) is 0. The Kier molecular flexibility index (Phi) is 11.8. The minimum Gasteiger partial charge on any atom is -0.481 e. The van der Waals surface area contributed by atoms with Crippen LogP contribution in [0.2, 0.25) is 0 Å². The first kappa shape index (κ1) is 41.8. The van der Waals surface area contributed by atoms with Crippen LogP contribution in [0, 0.1) is 39.4 Å². The second-order valence-corrected chi connectivity index (χ2v) is 18.5. The van der Waals surface area contributed by atoms with Gasteiger partial charge in [0.05, 0.1) is 24.7 Å². The van der Waals surface area contributed by atoms with Crippen molar-refractivity contribution < 1.29 is 64.3 Å². The van der Waals surface area contributed by atoms with Gasteiger partial charge in [0.1, 0.15) is 42.7 Å². The quantitative estimate of drug-likeness (QED) is 0.119. The topological polar surface area (TPSA) is 213 Å². The third kappa shape index (κ3) is 6.56. The molecule has 54 heavy (non-hydrogen) atoms. The molecule has 6 aliphatic rings. The Morgan fingerprint density at radius 1 is 0.889 bits per heavy atom. The van der Waals surface area contributed by atoms with Crippen molar-refractivity contribution in [2.24, 2.45) is 39.4 Å². The number of aliphatic hydroxyl groups excluding tert-OH is 6. The van der Waals surface area contributed by atoms with E-state index < -0.39 is 84.1 Å². The maximum absolute atomic E-state index is 13.7. The average Bonchev–Trinajstić information content (AvgIpc) is 3.45. The van der Waals surface area contributed by atoms with E-state index in [9.17, 15) is 45.3 Å². The van der Waals surface area contributed by atoms with Gasteiger partial charge in [0.25, 0.3) is 0 Å². The number of Topliss-reactive ketones (excluding diaryl/α,β-unsaturated/α-hetero) is 1. The van der Waals surface area contributed by atoms with Crippen molar-refractivity contribution in [3.05, 3.63) is 23.3 Å². The van der Waals surface area contributed by atoms with Crippen molar-refractivity contribution in [2.75, 3.05) is 13.2 Å². The molecule has 0 amide bonds. The van der Waals surface area contributed by atoms with E-state index in [0.29, 0.717) is 31.3 Å². The first-order valence-electron chi connectivity index (χ1n) is 20.0. The fourth-order valence-electron chi connectivity index (χ4n) is 12.3. The minimum absolute atomic E-state index is 0.0669. The molecule has 2 saturated heterocycles. The molecule has 13 nitrogen and oxygen atoms in total. The molecule has 0 radical (unpaired) electrons. The highest BCUT2D eigenvalue weighted by Gasteiger charge is 2.68. The van der Waals surface area contributed by atoms with Gasteiger partial charge >= 0.3 is 5.97 Å². The first-order chi connectivity index (χ1) is 25.3. The molecule has 2 heterocycles. The molecular weight excluding hydrogens is 700 g/mol. The van der Waals surface area contributed by atoms with Gasteiger partial charge in [-0.15, -0.1) is 0 Å². The van der Waals surface area contributed by atoms with Gasteiger partial charge in [0.15, 0.2) is 18.4 Å². The summed E-state index contributed by atoms with van der Waals surface area (Å²) in [6.07, 6.45) is -6.57. The second-order valence-electron chi connectivity index (χ2n) is 18.5. The molecule has 0 unspecified atom stereocenters. The number of allylic oxidation sites excluding steroid dienone is 2. The molecule has 16 atom stereocenters. The normalized spacial score (nSPS) is 46.6. The zero-order chi connectivity index (χ0) is 39.7. The van der Waals surface area contributed by atoms with Crippen molar-refractivity contribution in [2.45, 2.75) is 167 Å². The fraction of sp³-hybridized carbons (Fsp3) is 0.854. The molecule has 2 saturated carbocycles. The Morgan fingerprint density at radius 2 is 1.59 bits per heavy atom. The summed E-state index contributed by atoms with van der Waals surface area (Å²) in [6.45, 7) is 15.7. The van der Waals surface area contributed by atoms with E-state index in [2.05, 4.69) is 41.2 Å². The van der Waals surface area contributed by atoms with E-state index in [4.69, 9.17) is 18.9 Å². The monoisotopic (exact) mass is 764 g/mol. The molecule has 2 aliphatic heterocycles. The van der Waals surface area contributed by atoms with Gasteiger partial charge in [0, 0.05) is 6.42 Å². The summed E-state index contributed by atoms with van der Waals surface area (Å²) < 4.78 is 24.1. The number of carboxylic acids is 1. The van der Waals surface area contributed by atoms with Gasteiger partial charge in [-0.1, -0.05) is 52.3 Å². The molecule has 6 rings (SSSR count). The lowest BCUT2D eigenvalue weighted by molar-refractivity contribution is -0.365. The highest BCUT2D eigenvalue weighted by Crippen LogP contribution is 2.73. The molecule has 7 N–H and O–H groups in total. The second kappa shape index (κ2) is 15.2. The molecule has 0 aromatic heterocycles. The van der Waals surface area contributed by atoms with Crippen LogP contribution in [-0.4, -0.2) is 122 Å². The predicted octanol–water partition coefficient (Wildman–Crippen LogP) is 3.01. The largest absolute Gasteiger partial charge is 0.481 e. The average molecular weight is 765 g/mol. The first-order valence-corrected chi connectivity index (χ1v) is 20.0. The number of ether oxygens (including phenoxy) is 4. The Balaban J connectivity index is 1.23. The van der Waals surface area contributed by atoms with Crippen LogP contribution in [0.3, 0.4) is 0 Å². The standard InChI is InChI=1S/C41H64O13/c1-20(2)25(43)10-8-21(3)22-13-17-41(37(49)50)24-9-11-28-38(4,5)29(14-15-39(28,6)23(24)12-16-40(22,41)7)53-36-34(30(45)26(44)19-51-36)54-35-33(48)32(47)31(46)27(18-42)52-35/h21-22,26-36,42,44-48H,1,8-19H2,2-7H3,(H,49,50)/t21-,22-,26+,27-,28+,29+,30+,31+,32+,33-,34-,35+,36+,39-,40-,41+/m1/s1. The van der Waals surface area contributed by atoms with E-state index in [0.717, 1.165) is 44.1 Å². The highest BCUT2D eigenvalue weighted by atomic mass is 16.8. The lowest BCUT2D eigenvalue weighted by atomic mass is 9.43. The van der Waals surface area contributed by atoms with Gasteiger partial charge in [0.2, 0.25) is 0 Å². The number of rotatable bonds is 11. The summed E-state index contributed by atoms with van der Waals surface area (Å²) in [5.74, 6) is -0.142. The Hall–Kier alpha value is -1.78. The van der Waals surface area contributed by atoms with E-state index in [1.807, 2.05) is 0 Å². The number of aliphatic hydroxyl groups is 6. The maximum Gasteiger partial charge on any atom is 0.314 e. The minimum atomic E-state index is -1.72. The number of carbonyl (C=O) groups excluding carboxylic acids is 1. The summed E-state index contributed by atoms with van der Waals surface area (Å²) >= 11 is 0. The van der Waals surface area contributed by atoms with Gasteiger partial charge in [-0.3, -0.25) is 9.59 Å². The Labute approximate surface area is 318 Å². The van der Waals surface area contributed by atoms with E-state index in [1.165, 1.54) is 5.57 Å². The lowest BCUT2D eigenvalue weighted by Gasteiger charge is -2.62. The molecular formula is C41H64O13. The fourth-order valence-corrected chi connectivity index (χ4v) is 12.3. The number of fused-ring (bicyclic) bond motifs is 4. The van der Waals surface area contributed by atoms with Crippen LogP contribution in [0.4, 0.5) is 0 Å². The van der Waals surface area contributed by atoms with Crippen molar-refractivity contribution in [1.29, 1.82) is 0 Å². The molecule has 13 heteroatoms. The number of carbonyl (C=O) groups is 2. The molecule has 0 aromatic rings. The number of hydrogen-bond acceptors (Lipinski definition) is 12. The number of hydrogen-bond donors (Lipinski definition) is 7. The predicted molar refractivity (Wildman–Crippen MR) is 194 cm³/mol. The Bertz CT molecular complexity index is 1480. The molecule has 0 aromatic carbocycles. The number of carboxylic acid groups (broad SMARTS) is 1. The molecule has 4 fully saturated rings.